The lowest BCUT2D eigenvalue weighted by molar-refractivity contribution is 0.00539. The minimum absolute atomic E-state index is 0.203. The van der Waals surface area contributed by atoms with Crippen molar-refractivity contribution in [1.82, 2.24) is 14.7 Å². The number of likely N-dealkylation sites (tertiary alicyclic amines) is 1. The number of carbonyl (C=O) groups is 2. The Bertz CT molecular complexity index is 434. The number of nitrogens with zero attached hydrogens (tertiary/aromatic N) is 3. The van der Waals surface area contributed by atoms with E-state index >= 15 is 0 Å². The molecular formula is C17H31N3O4. The first-order chi connectivity index (χ1) is 11.3. The van der Waals surface area contributed by atoms with Gasteiger partial charge in [0.25, 0.3) is 0 Å². The second-order valence-electron chi connectivity index (χ2n) is 7.42. The molecule has 0 N–H and O–H groups in total. The number of rotatable bonds is 2. The van der Waals surface area contributed by atoms with Crippen LogP contribution in [0.2, 0.25) is 0 Å². The third-order valence-corrected chi connectivity index (χ3v) is 4.47. The molecule has 0 aromatic carbocycles. The summed E-state index contributed by atoms with van der Waals surface area (Å²) >= 11 is 0. The van der Waals surface area contributed by atoms with Crippen LogP contribution >= 0.6 is 0 Å². The molecule has 2 fully saturated rings. The Labute approximate surface area is 144 Å². The van der Waals surface area contributed by atoms with Gasteiger partial charge in [-0.3, -0.25) is 4.90 Å². The lowest BCUT2D eigenvalue weighted by Gasteiger charge is -2.42. The SMILES string of the molecule is CCOC(=O)N1CCC(N2CCN(C(=O)OC(C)(C)C)CC2)CC1. The predicted molar refractivity (Wildman–Crippen MR) is 91.0 cm³/mol. The molecule has 0 saturated carbocycles. The van der Waals surface area contributed by atoms with E-state index in [1.807, 2.05) is 27.7 Å². The second-order valence-corrected chi connectivity index (χ2v) is 7.42. The van der Waals surface area contributed by atoms with Crippen LogP contribution in [0.4, 0.5) is 9.59 Å². The zero-order valence-corrected chi connectivity index (χ0v) is 15.4. The Balaban J connectivity index is 1.74. The topological polar surface area (TPSA) is 62.3 Å². The standard InChI is InChI=1S/C17H31N3O4/c1-5-23-15(21)19-8-6-14(7-9-19)18-10-12-20(13-11-18)16(22)24-17(2,3)4/h14H,5-13H2,1-4H3. The van der Waals surface area contributed by atoms with E-state index in [4.69, 9.17) is 9.47 Å². The summed E-state index contributed by atoms with van der Waals surface area (Å²) in [4.78, 5) is 29.9. The van der Waals surface area contributed by atoms with Gasteiger partial charge in [-0.15, -0.1) is 0 Å². The van der Waals surface area contributed by atoms with Crippen LogP contribution in [0.15, 0.2) is 0 Å². The summed E-state index contributed by atoms with van der Waals surface area (Å²) in [7, 11) is 0. The highest BCUT2D eigenvalue weighted by Crippen LogP contribution is 2.20. The van der Waals surface area contributed by atoms with E-state index < -0.39 is 5.60 Å². The normalized spacial score (nSPS) is 20.8. The molecule has 2 aliphatic heterocycles. The molecule has 7 heteroatoms. The van der Waals surface area contributed by atoms with Crippen molar-refractivity contribution in [3.05, 3.63) is 0 Å². The summed E-state index contributed by atoms with van der Waals surface area (Å²) in [6.07, 6.45) is 1.50. The molecule has 0 unspecified atom stereocenters. The highest BCUT2D eigenvalue weighted by Gasteiger charge is 2.31. The van der Waals surface area contributed by atoms with Crippen LogP contribution in [0.1, 0.15) is 40.5 Å². The van der Waals surface area contributed by atoms with Crippen molar-refractivity contribution in [2.75, 3.05) is 45.9 Å². The number of carbonyl (C=O) groups excluding carboxylic acids is 2. The minimum atomic E-state index is -0.450. The van der Waals surface area contributed by atoms with Crippen molar-refractivity contribution >= 4 is 12.2 Å². The molecule has 7 nitrogen and oxygen atoms in total. The molecule has 0 spiro atoms. The van der Waals surface area contributed by atoms with Crippen molar-refractivity contribution < 1.29 is 19.1 Å². The average Bonchev–Trinajstić information content (AvgIpc) is 2.54. The van der Waals surface area contributed by atoms with Gasteiger partial charge in [0, 0.05) is 45.3 Å². The summed E-state index contributed by atoms with van der Waals surface area (Å²) < 4.78 is 10.5. The molecule has 2 rings (SSSR count). The van der Waals surface area contributed by atoms with E-state index in [9.17, 15) is 9.59 Å². The monoisotopic (exact) mass is 341 g/mol. The summed E-state index contributed by atoms with van der Waals surface area (Å²) in [5.74, 6) is 0. The van der Waals surface area contributed by atoms with Gasteiger partial charge in [0.05, 0.1) is 6.61 Å². The quantitative estimate of drug-likeness (QED) is 0.770. The summed E-state index contributed by atoms with van der Waals surface area (Å²) in [5, 5.41) is 0. The van der Waals surface area contributed by atoms with Gasteiger partial charge in [0.2, 0.25) is 0 Å². The number of amides is 2. The Hall–Kier alpha value is -1.50. The number of hydrogen-bond donors (Lipinski definition) is 0. The highest BCUT2D eigenvalue weighted by atomic mass is 16.6. The van der Waals surface area contributed by atoms with Gasteiger partial charge in [-0.05, 0) is 40.5 Å². The maximum Gasteiger partial charge on any atom is 0.410 e. The smallest absolute Gasteiger partial charge is 0.410 e. The van der Waals surface area contributed by atoms with Crippen LogP contribution in [-0.2, 0) is 9.47 Å². The molecule has 24 heavy (non-hydrogen) atoms. The Morgan fingerprint density at radius 3 is 1.96 bits per heavy atom. The number of hydrogen-bond acceptors (Lipinski definition) is 5. The van der Waals surface area contributed by atoms with Crippen molar-refractivity contribution in [1.29, 1.82) is 0 Å². The third kappa shape index (κ3) is 5.26. The zero-order valence-electron chi connectivity index (χ0n) is 15.4. The van der Waals surface area contributed by atoms with Crippen molar-refractivity contribution in [3.63, 3.8) is 0 Å². The average molecular weight is 341 g/mol. The van der Waals surface area contributed by atoms with Crippen LogP contribution in [0.25, 0.3) is 0 Å². The van der Waals surface area contributed by atoms with Gasteiger partial charge >= 0.3 is 12.2 Å². The van der Waals surface area contributed by atoms with Crippen molar-refractivity contribution in [2.45, 2.75) is 52.2 Å². The largest absolute Gasteiger partial charge is 0.450 e. The van der Waals surface area contributed by atoms with E-state index in [1.165, 1.54) is 0 Å². The molecular weight excluding hydrogens is 310 g/mol. The molecule has 0 atom stereocenters. The summed E-state index contributed by atoms with van der Waals surface area (Å²) in [6.45, 7) is 12.5. The van der Waals surface area contributed by atoms with E-state index in [0.29, 0.717) is 25.7 Å². The van der Waals surface area contributed by atoms with Crippen LogP contribution in [0.3, 0.4) is 0 Å². The van der Waals surface area contributed by atoms with E-state index in [2.05, 4.69) is 4.90 Å². The van der Waals surface area contributed by atoms with Crippen LogP contribution in [0.5, 0.6) is 0 Å². The number of piperidine rings is 1. The molecule has 138 valence electrons. The number of piperazine rings is 1. The first-order valence-electron chi connectivity index (χ1n) is 8.94. The molecule has 0 radical (unpaired) electrons. The van der Waals surface area contributed by atoms with Crippen molar-refractivity contribution in [2.24, 2.45) is 0 Å². The molecule has 0 aromatic rings. The maximum atomic E-state index is 12.1. The summed E-state index contributed by atoms with van der Waals surface area (Å²) in [6, 6.07) is 0.483. The van der Waals surface area contributed by atoms with Gasteiger partial charge in [-0.1, -0.05) is 0 Å². The van der Waals surface area contributed by atoms with Crippen LogP contribution in [0, 0.1) is 0 Å². The van der Waals surface area contributed by atoms with E-state index in [1.54, 1.807) is 9.80 Å². The van der Waals surface area contributed by atoms with Gasteiger partial charge in [0.1, 0.15) is 5.60 Å². The Morgan fingerprint density at radius 1 is 0.917 bits per heavy atom. The van der Waals surface area contributed by atoms with Crippen molar-refractivity contribution in [3.8, 4) is 0 Å². The van der Waals surface area contributed by atoms with E-state index in [-0.39, 0.29) is 12.2 Å². The third-order valence-electron chi connectivity index (χ3n) is 4.47. The molecule has 0 aliphatic carbocycles. The zero-order chi connectivity index (χ0) is 17.7. The fourth-order valence-corrected chi connectivity index (χ4v) is 3.22. The fourth-order valence-electron chi connectivity index (χ4n) is 3.22. The maximum absolute atomic E-state index is 12.1. The number of ether oxygens (including phenoxy) is 2. The van der Waals surface area contributed by atoms with Gasteiger partial charge in [-0.2, -0.15) is 0 Å². The molecule has 2 amide bonds. The fraction of sp³-hybridized carbons (Fsp3) is 0.882. The summed E-state index contributed by atoms with van der Waals surface area (Å²) in [5.41, 5.74) is -0.450. The van der Waals surface area contributed by atoms with Gasteiger partial charge in [-0.25, -0.2) is 9.59 Å². The molecule has 2 aliphatic rings. The van der Waals surface area contributed by atoms with Gasteiger partial charge in [0.15, 0.2) is 0 Å². The Kier molecular flexibility index (Phi) is 6.32. The van der Waals surface area contributed by atoms with Crippen LogP contribution in [-0.4, -0.2) is 84.4 Å². The lowest BCUT2D eigenvalue weighted by atomic mass is 10.0. The molecule has 0 bridgehead atoms. The molecule has 0 aromatic heterocycles. The van der Waals surface area contributed by atoms with Gasteiger partial charge < -0.3 is 19.3 Å². The highest BCUT2D eigenvalue weighted by molar-refractivity contribution is 5.68. The minimum Gasteiger partial charge on any atom is -0.450 e. The molecule has 2 saturated heterocycles. The predicted octanol–water partition coefficient (Wildman–Crippen LogP) is 2.16. The lowest BCUT2D eigenvalue weighted by Crippen LogP contribution is -2.55. The first-order valence-corrected chi connectivity index (χ1v) is 8.94. The molecule has 2 heterocycles. The van der Waals surface area contributed by atoms with Crippen LogP contribution < -0.4 is 0 Å². The second kappa shape index (κ2) is 8.05. The first kappa shape index (κ1) is 18.8. The Morgan fingerprint density at radius 2 is 1.46 bits per heavy atom. The van der Waals surface area contributed by atoms with E-state index in [0.717, 1.165) is 39.0 Å².